The van der Waals surface area contributed by atoms with Gasteiger partial charge in [-0.2, -0.15) is 0 Å². The Hall–Kier alpha value is -0.170. The van der Waals surface area contributed by atoms with E-state index in [-0.39, 0.29) is 6.61 Å². The van der Waals surface area contributed by atoms with Gasteiger partial charge in [0.2, 0.25) is 10.0 Å². The first-order chi connectivity index (χ1) is 6.95. The maximum Gasteiger partial charge on any atom is 0.208 e. The van der Waals surface area contributed by atoms with Crippen LogP contribution in [0.5, 0.6) is 0 Å². The molecule has 0 aromatic carbocycles. The molecular formula is C9H22N2O3S. The van der Waals surface area contributed by atoms with Gasteiger partial charge in [-0.15, -0.1) is 0 Å². The Morgan fingerprint density at radius 2 is 1.80 bits per heavy atom. The van der Waals surface area contributed by atoms with Crippen LogP contribution in [-0.4, -0.2) is 58.0 Å². The molecule has 0 aliphatic rings. The fourth-order valence-corrected chi connectivity index (χ4v) is 1.73. The van der Waals surface area contributed by atoms with Gasteiger partial charge in [0.05, 0.1) is 6.26 Å². The maximum atomic E-state index is 10.7. The molecule has 0 fully saturated rings. The summed E-state index contributed by atoms with van der Waals surface area (Å²) in [4.78, 5) is 2.14. The number of nitrogens with one attached hydrogen (secondary N) is 1. The molecule has 0 saturated heterocycles. The number of hydrogen-bond acceptors (Lipinski definition) is 4. The van der Waals surface area contributed by atoms with Crippen LogP contribution >= 0.6 is 0 Å². The predicted octanol–water partition coefficient (Wildman–Crippen LogP) is -0.370. The van der Waals surface area contributed by atoms with Crippen molar-refractivity contribution < 1.29 is 13.5 Å². The normalized spacial score (nSPS) is 12.3. The van der Waals surface area contributed by atoms with Crippen molar-refractivity contribution in [2.45, 2.75) is 19.3 Å². The summed E-state index contributed by atoms with van der Waals surface area (Å²) in [6.45, 7) is 2.54. The van der Waals surface area contributed by atoms with Crippen LogP contribution in [0.25, 0.3) is 0 Å². The highest BCUT2D eigenvalue weighted by molar-refractivity contribution is 7.88. The zero-order valence-electron chi connectivity index (χ0n) is 9.57. The van der Waals surface area contributed by atoms with Gasteiger partial charge in [-0.25, -0.2) is 13.1 Å². The minimum absolute atomic E-state index is 0.240. The van der Waals surface area contributed by atoms with Gasteiger partial charge in [0, 0.05) is 13.2 Å². The van der Waals surface area contributed by atoms with Gasteiger partial charge in [-0.05, 0) is 39.4 Å². The lowest BCUT2D eigenvalue weighted by Gasteiger charge is -2.15. The molecule has 92 valence electrons. The van der Waals surface area contributed by atoms with E-state index < -0.39 is 10.0 Å². The minimum atomic E-state index is -3.04. The Morgan fingerprint density at radius 1 is 1.20 bits per heavy atom. The van der Waals surface area contributed by atoms with Crippen LogP contribution in [0.2, 0.25) is 0 Å². The van der Waals surface area contributed by atoms with Crippen molar-refractivity contribution in [1.82, 2.24) is 9.62 Å². The number of aliphatic hydroxyl groups excluding tert-OH is 1. The van der Waals surface area contributed by atoms with Crippen molar-refractivity contribution in [2.24, 2.45) is 0 Å². The SMILES string of the molecule is CN(CCCCO)CCCNS(C)(=O)=O. The van der Waals surface area contributed by atoms with Gasteiger partial charge in [0.1, 0.15) is 0 Å². The second-order valence-corrected chi connectivity index (χ2v) is 5.59. The van der Waals surface area contributed by atoms with E-state index in [0.29, 0.717) is 6.54 Å². The molecule has 5 nitrogen and oxygen atoms in total. The number of nitrogens with zero attached hydrogens (tertiary/aromatic N) is 1. The van der Waals surface area contributed by atoms with Gasteiger partial charge < -0.3 is 10.0 Å². The maximum absolute atomic E-state index is 10.7. The van der Waals surface area contributed by atoms with Gasteiger partial charge in [-0.1, -0.05) is 0 Å². The van der Waals surface area contributed by atoms with E-state index in [2.05, 4.69) is 9.62 Å². The Balaban J connectivity index is 3.35. The third-order valence-electron chi connectivity index (χ3n) is 2.03. The molecule has 2 N–H and O–H groups in total. The molecule has 0 bridgehead atoms. The zero-order valence-corrected chi connectivity index (χ0v) is 10.4. The predicted molar refractivity (Wildman–Crippen MR) is 61.3 cm³/mol. The highest BCUT2D eigenvalue weighted by Gasteiger charge is 2.01. The van der Waals surface area contributed by atoms with Crippen LogP contribution in [0.1, 0.15) is 19.3 Å². The highest BCUT2D eigenvalue weighted by Crippen LogP contribution is 1.93. The molecule has 0 rings (SSSR count). The number of hydrogen-bond donors (Lipinski definition) is 2. The summed E-state index contributed by atoms with van der Waals surface area (Å²) >= 11 is 0. The summed E-state index contributed by atoms with van der Waals surface area (Å²) in [7, 11) is -1.05. The Morgan fingerprint density at radius 3 is 2.33 bits per heavy atom. The summed E-state index contributed by atoms with van der Waals surface area (Å²) in [5.41, 5.74) is 0. The molecule has 15 heavy (non-hydrogen) atoms. The summed E-state index contributed by atoms with van der Waals surface area (Å²) < 4.78 is 23.9. The topological polar surface area (TPSA) is 69.6 Å². The van der Waals surface area contributed by atoms with Gasteiger partial charge in [0.15, 0.2) is 0 Å². The fraction of sp³-hybridized carbons (Fsp3) is 1.00. The van der Waals surface area contributed by atoms with Gasteiger partial charge in [0.25, 0.3) is 0 Å². The van der Waals surface area contributed by atoms with E-state index in [1.807, 2.05) is 7.05 Å². The van der Waals surface area contributed by atoms with Crippen LogP contribution in [0.3, 0.4) is 0 Å². The van der Waals surface area contributed by atoms with E-state index in [9.17, 15) is 8.42 Å². The number of rotatable bonds is 9. The molecule has 0 aliphatic carbocycles. The average molecular weight is 238 g/mol. The molecule has 0 radical (unpaired) electrons. The lowest BCUT2D eigenvalue weighted by atomic mass is 10.3. The molecule has 6 heteroatoms. The van der Waals surface area contributed by atoms with Crippen molar-refractivity contribution >= 4 is 10.0 Å². The smallest absolute Gasteiger partial charge is 0.208 e. The van der Waals surface area contributed by atoms with Gasteiger partial charge in [-0.3, -0.25) is 0 Å². The molecule has 0 unspecified atom stereocenters. The average Bonchev–Trinajstić information content (AvgIpc) is 2.11. The number of sulfonamides is 1. The molecular weight excluding hydrogens is 216 g/mol. The van der Waals surface area contributed by atoms with Gasteiger partial charge >= 0.3 is 0 Å². The lowest BCUT2D eigenvalue weighted by Crippen LogP contribution is -2.28. The summed E-state index contributed by atoms with van der Waals surface area (Å²) in [5, 5.41) is 8.59. The molecule has 0 aromatic rings. The highest BCUT2D eigenvalue weighted by atomic mass is 32.2. The first kappa shape index (κ1) is 14.8. The van der Waals surface area contributed by atoms with Crippen LogP contribution in [0, 0.1) is 0 Å². The van der Waals surface area contributed by atoms with E-state index in [0.717, 1.165) is 38.6 Å². The van der Waals surface area contributed by atoms with Crippen LogP contribution in [0.15, 0.2) is 0 Å². The molecule has 0 spiro atoms. The van der Waals surface area contributed by atoms with Crippen LogP contribution in [-0.2, 0) is 10.0 Å². The largest absolute Gasteiger partial charge is 0.396 e. The number of aliphatic hydroxyl groups is 1. The van der Waals surface area contributed by atoms with Crippen molar-refractivity contribution in [2.75, 3.05) is 39.5 Å². The molecule has 0 atom stereocenters. The summed E-state index contributed by atoms with van der Waals surface area (Å²) in [6, 6.07) is 0. The summed E-state index contributed by atoms with van der Waals surface area (Å²) in [5.74, 6) is 0. The van der Waals surface area contributed by atoms with E-state index in [1.54, 1.807) is 0 Å². The standard InChI is InChI=1S/C9H22N2O3S/c1-11(7-3-4-9-12)8-5-6-10-15(2,13)14/h10,12H,3-9H2,1-2H3. The Labute approximate surface area is 92.5 Å². The summed E-state index contributed by atoms with van der Waals surface area (Å²) in [6.07, 6.45) is 3.78. The molecule has 0 aromatic heterocycles. The third kappa shape index (κ3) is 11.8. The van der Waals surface area contributed by atoms with Crippen molar-refractivity contribution in [1.29, 1.82) is 0 Å². The van der Waals surface area contributed by atoms with Crippen LogP contribution in [0.4, 0.5) is 0 Å². The quantitative estimate of drug-likeness (QED) is 0.538. The first-order valence-corrected chi connectivity index (χ1v) is 7.09. The van der Waals surface area contributed by atoms with E-state index >= 15 is 0 Å². The number of unbranched alkanes of at least 4 members (excludes halogenated alkanes) is 1. The monoisotopic (exact) mass is 238 g/mol. The van der Waals surface area contributed by atoms with Crippen molar-refractivity contribution in [3.8, 4) is 0 Å². The molecule has 0 heterocycles. The lowest BCUT2D eigenvalue weighted by molar-refractivity contribution is 0.262. The molecule has 0 saturated carbocycles. The molecule has 0 aliphatic heterocycles. The second kappa shape index (κ2) is 8.04. The zero-order chi connectivity index (χ0) is 11.7. The van der Waals surface area contributed by atoms with E-state index in [4.69, 9.17) is 5.11 Å². The Bertz CT molecular complexity index is 242. The second-order valence-electron chi connectivity index (χ2n) is 3.75. The van der Waals surface area contributed by atoms with Crippen molar-refractivity contribution in [3.63, 3.8) is 0 Å². The van der Waals surface area contributed by atoms with Crippen LogP contribution < -0.4 is 4.72 Å². The first-order valence-electron chi connectivity index (χ1n) is 5.20. The Kier molecular flexibility index (Phi) is 7.95. The van der Waals surface area contributed by atoms with Crippen molar-refractivity contribution in [3.05, 3.63) is 0 Å². The molecule has 0 amide bonds. The van der Waals surface area contributed by atoms with E-state index in [1.165, 1.54) is 0 Å². The fourth-order valence-electron chi connectivity index (χ4n) is 1.21. The minimum Gasteiger partial charge on any atom is -0.396 e. The third-order valence-corrected chi connectivity index (χ3v) is 2.76.